The van der Waals surface area contributed by atoms with E-state index >= 15 is 0 Å². The van der Waals surface area contributed by atoms with Crippen LogP contribution in [0.5, 0.6) is 17.2 Å². The molecule has 3 rings (SSSR count). The summed E-state index contributed by atoms with van der Waals surface area (Å²) in [4.78, 5) is 29.5. The van der Waals surface area contributed by atoms with Crippen LogP contribution in [0.2, 0.25) is 0 Å². The van der Waals surface area contributed by atoms with Gasteiger partial charge in [0.05, 0.1) is 21.3 Å². The van der Waals surface area contributed by atoms with E-state index in [0.29, 0.717) is 54.6 Å². The SMILES string of the molecule is COc1cc(C(=O)N2CCN(C(=O)c3ccc(C(C)(C)C)cc3)CC2)cc(OC)c1OC. The Morgan fingerprint density at radius 1 is 0.719 bits per heavy atom. The lowest BCUT2D eigenvalue weighted by atomic mass is 9.86. The Morgan fingerprint density at radius 3 is 1.53 bits per heavy atom. The molecule has 0 spiro atoms. The van der Waals surface area contributed by atoms with E-state index in [2.05, 4.69) is 20.8 Å². The van der Waals surface area contributed by atoms with Gasteiger partial charge in [-0.3, -0.25) is 9.59 Å². The maximum Gasteiger partial charge on any atom is 0.254 e. The Kier molecular flexibility index (Phi) is 6.96. The van der Waals surface area contributed by atoms with E-state index in [-0.39, 0.29) is 17.2 Å². The fraction of sp³-hybridized carbons (Fsp3) is 0.440. The molecule has 0 atom stereocenters. The van der Waals surface area contributed by atoms with Crippen molar-refractivity contribution in [1.29, 1.82) is 0 Å². The molecule has 0 radical (unpaired) electrons. The van der Waals surface area contributed by atoms with Gasteiger partial charge < -0.3 is 24.0 Å². The fourth-order valence-electron chi connectivity index (χ4n) is 3.80. The number of methoxy groups -OCH3 is 3. The van der Waals surface area contributed by atoms with Gasteiger partial charge >= 0.3 is 0 Å². The highest BCUT2D eigenvalue weighted by Gasteiger charge is 2.27. The molecular formula is C25H32N2O5. The number of carbonyl (C=O) groups excluding carboxylic acids is 2. The van der Waals surface area contributed by atoms with Crippen LogP contribution in [-0.2, 0) is 5.41 Å². The molecule has 2 amide bonds. The average molecular weight is 441 g/mol. The van der Waals surface area contributed by atoms with Gasteiger partial charge in [-0.05, 0) is 35.2 Å². The molecule has 172 valence electrons. The second kappa shape index (κ2) is 9.51. The Hall–Kier alpha value is -3.22. The number of nitrogens with zero attached hydrogens (tertiary/aromatic N) is 2. The van der Waals surface area contributed by atoms with Crippen LogP contribution in [0.1, 0.15) is 47.1 Å². The molecule has 0 bridgehead atoms. The van der Waals surface area contributed by atoms with Gasteiger partial charge in [0.25, 0.3) is 11.8 Å². The van der Waals surface area contributed by atoms with Gasteiger partial charge in [0, 0.05) is 37.3 Å². The van der Waals surface area contributed by atoms with E-state index in [0.717, 1.165) is 0 Å². The van der Waals surface area contributed by atoms with Crippen molar-refractivity contribution in [3.05, 3.63) is 53.1 Å². The molecule has 7 nitrogen and oxygen atoms in total. The van der Waals surface area contributed by atoms with Gasteiger partial charge in [0.2, 0.25) is 5.75 Å². The molecule has 7 heteroatoms. The van der Waals surface area contributed by atoms with Crippen LogP contribution < -0.4 is 14.2 Å². The molecule has 2 aromatic rings. The van der Waals surface area contributed by atoms with E-state index in [1.54, 1.807) is 21.9 Å². The Balaban J connectivity index is 1.68. The zero-order valence-corrected chi connectivity index (χ0v) is 19.7. The number of amides is 2. The van der Waals surface area contributed by atoms with E-state index in [4.69, 9.17) is 14.2 Å². The van der Waals surface area contributed by atoms with E-state index in [1.165, 1.54) is 26.9 Å². The van der Waals surface area contributed by atoms with E-state index in [9.17, 15) is 9.59 Å². The van der Waals surface area contributed by atoms with Crippen LogP contribution in [0.3, 0.4) is 0 Å². The first kappa shape index (κ1) is 23.4. The number of carbonyl (C=O) groups is 2. The lowest BCUT2D eigenvalue weighted by molar-refractivity contribution is 0.0535. The fourth-order valence-corrected chi connectivity index (χ4v) is 3.80. The number of ether oxygens (including phenoxy) is 3. The molecule has 32 heavy (non-hydrogen) atoms. The maximum atomic E-state index is 13.1. The molecule has 2 aromatic carbocycles. The first-order valence-electron chi connectivity index (χ1n) is 10.7. The predicted molar refractivity (Wildman–Crippen MR) is 123 cm³/mol. The van der Waals surface area contributed by atoms with E-state index in [1.807, 2.05) is 24.3 Å². The highest BCUT2D eigenvalue weighted by Crippen LogP contribution is 2.38. The lowest BCUT2D eigenvalue weighted by Gasteiger charge is -2.35. The zero-order chi connectivity index (χ0) is 23.5. The molecule has 1 aliphatic heterocycles. The van der Waals surface area contributed by atoms with Crippen molar-refractivity contribution in [3.8, 4) is 17.2 Å². The summed E-state index contributed by atoms with van der Waals surface area (Å²) < 4.78 is 16.0. The highest BCUT2D eigenvalue weighted by atomic mass is 16.5. The normalized spacial score (nSPS) is 14.2. The summed E-state index contributed by atoms with van der Waals surface area (Å²) in [6, 6.07) is 11.1. The summed E-state index contributed by atoms with van der Waals surface area (Å²) in [5.74, 6) is 1.17. The van der Waals surface area contributed by atoms with Gasteiger partial charge in [-0.2, -0.15) is 0 Å². The number of rotatable bonds is 5. The minimum absolute atomic E-state index is 0.00894. The second-order valence-electron chi connectivity index (χ2n) is 8.83. The van der Waals surface area contributed by atoms with Crippen molar-refractivity contribution in [2.24, 2.45) is 0 Å². The minimum Gasteiger partial charge on any atom is -0.493 e. The molecule has 1 aliphatic rings. The summed E-state index contributed by atoms with van der Waals surface area (Å²) in [6.45, 7) is 8.32. The van der Waals surface area contributed by atoms with Gasteiger partial charge in [-0.1, -0.05) is 32.9 Å². The summed E-state index contributed by atoms with van der Waals surface area (Å²) in [6.07, 6.45) is 0. The summed E-state index contributed by atoms with van der Waals surface area (Å²) in [5, 5.41) is 0. The van der Waals surface area contributed by atoms with Gasteiger partial charge in [-0.25, -0.2) is 0 Å². The van der Waals surface area contributed by atoms with Crippen molar-refractivity contribution < 1.29 is 23.8 Å². The topological polar surface area (TPSA) is 68.3 Å². The van der Waals surface area contributed by atoms with Crippen molar-refractivity contribution in [1.82, 2.24) is 9.80 Å². The predicted octanol–water partition coefficient (Wildman–Crippen LogP) is 3.61. The maximum absolute atomic E-state index is 13.1. The molecule has 0 aromatic heterocycles. The molecular weight excluding hydrogens is 408 g/mol. The number of piperazine rings is 1. The lowest BCUT2D eigenvalue weighted by Crippen LogP contribution is -2.50. The van der Waals surface area contributed by atoms with Crippen LogP contribution in [0.4, 0.5) is 0 Å². The third kappa shape index (κ3) is 4.82. The summed E-state index contributed by atoms with van der Waals surface area (Å²) >= 11 is 0. The minimum atomic E-state index is -0.133. The Morgan fingerprint density at radius 2 is 1.16 bits per heavy atom. The second-order valence-corrected chi connectivity index (χ2v) is 8.83. The molecule has 0 saturated carbocycles. The van der Waals surface area contributed by atoms with Gasteiger partial charge in [0.1, 0.15) is 0 Å². The first-order chi connectivity index (χ1) is 15.2. The highest BCUT2D eigenvalue weighted by molar-refractivity contribution is 5.97. The quantitative estimate of drug-likeness (QED) is 0.711. The zero-order valence-electron chi connectivity index (χ0n) is 19.7. The smallest absolute Gasteiger partial charge is 0.254 e. The molecule has 1 saturated heterocycles. The summed E-state index contributed by atoms with van der Waals surface area (Å²) in [5.41, 5.74) is 2.36. The molecule has 1 fully saturated rings. The van der Waals surface area contributed by atoms with Crippen LogP contribution >= 0.6 is 0 Å². The van der Waals surface area contributed by atoms with Crippen molar-refractivity contribution in [2.45, 2.75) is 26.2 Å². The van der Waals surface area contributed by atoms with Gasteiger partial charge in [-0.15, -0.1) is 0 Å². The molecule has 0 unspecified atom stereocenters. The molecule has 0 N–H and O–H groups in total. The van der Waals surface area contributed by atoms with Crippen LogP contribution in [0, 0.1) is 0 Å². The van der Waals surface area contributed by atoms with Crippen LogP contribution in [0.15, 0.2) is 36.4 Å². The molecule has 0 aliphatic carbocycles. The number of hydrogen-bond donors (Lipinski definition) is 0. The third-order valence-corrected chi connectivity index (χ3v) is 5.76. The standard InChI is InChI=1S/C25H32N2O5/c1-25(2,3)19-9-7-17(8-10-19)23(28)26-11-13-27(14-12-26)24(29)18-15-20(30-4)22(32-6)21(16-18)31-5/h7-10,15-16H,11-14H2,1-6H3. The largest absolute Gasteiger partial charge is 0.493 e. The summed E-state index contributed by atoms with van der Waals surface area (Å²) in [7, 11) is 4.56. The van der Waals surface area contributed by atoms with Crippen molar-refractivity contribution >= 4 is 11.8 Å². The van der Waals surface area contributed by atoms with Crippen molar-refractivity contribution in [2.75, 3.05) is 47.5 Å². The Labute approximate surface area is 189 Å². The van der Waals surface area contributed by atoms with E-state index < -0.39 is 0 Å². The van der Waals surface area contributed by atoms with Crippen LogP contribution in [-0.4, -0.2) is 69.1 Å². The molecule has 1 heterocycles. The number of benzene rings is 2. The average Bonchev–Trinajstić information content (AvgIpc) is 2.81. The van der Waals surface area contributed by atoms with Crippen LogP contribution in [0.25, 0.3) is 0 Å². The Bertz CT molecular complexity index is 946. The monoisotopic (exact) mass is 440 g/mol. The van der Waals surface area contributed by atoms with Crippen molar-refractivity contribution in [3.63, 3.8) is 0 Å². The van der Waals surface area contributed by atoms with Gasteiger partial charge in [0.15, 0.2) is 11.5 Å². The number of hydrogen-bond acceptors (Lipinski definition) is 5. The first-order valence-corrected chi connectivity index (χ1v) is 10.7. The third-order valence-electron chi connectivity index (χ3n) is 5.76.